The van der Waals surface area contributed by atoms with Gasteiger partial charge < -0.3 is 16.2 Å². The van der Waals surface area contributed by atoms with Crippen LogP contribution >= 0.6 is 11.6 Å². The molecular formula is C15H19ClN2O3. The first-order chi connectivity index (χ1) is 9.99. The fraction of sp³-hybridized carbons (Fsp3) is 0.467. The van der Waals surface area contributed by atoms with Gasteiger partial charge in [-0.3, -0.25) is 4.79 Å². The van der Waals surface area contributed by atoms with Crippen molar-refractivity contribution in [2.24, 2.45) is 11.7 Å². The minimum absolute atomic E-state index is 0.0121. The smallest absolute Gasteiger partial charge is 0.330 e. The van der Waals surface area contributed by atoms with E-state index in [2.05, 4.69) is 5.32 Å². The molecule has 1 amide bonds. The van der Waals surface area contributed by atoms with Crippen molar-refractivity contribution in [1.29, 1.82) is 0 Å². The van der Waals surface area contributed by atoms with E-state index in [4.69, 9.17) is 17.3 Å². The number of carbonyl (C=O) groups excluding carboxylic acids is 1. The Kier molecular flexibility index (Phi) is 5.20. The first-order valence-corrected chi connectivity index (χ1v) is 7.40. The van der Waals surface area contributed by atoms with Gasteiger partial charge in [0.05, 0.1) is 0 Å². The predicted molar refractivity (Wildman–Crippen MR) is 79.9 cm³/mol. The molecule has 1 aromatic rings. The molecule has 3 atom stereocenters. The molecule has 2 rings (SSSR count). The Bertz CT molecular complexity index is 535. The van der Waals surface area contributed by atoms with Gasteiger partial charge in [0, 0.05) is 22.5 Å². The van der Waals surface area contributed by atoms with Gasteiger partial charge in [0.1, 0.15) is 0 Å². The van der Waals surface area contributed by atoms with Gasteiger partial charge in [0.2, 0.25) is 5.91 Å². The fourth-order valence-electron chi connectivity index (χ4n) is 2.71. The second-order valence-corrected chi connectivity index (χ2v) is 5.83. The van der Waals surface area contributed by atoms with E-state index >= 15 is 0 Å². The highest BCUT2D eigenvalue weighted by atomic mass is 35.5. The van der Waals surface area contributed by atoms with Gasteiger partial charge in [-0.25, -0.2) is 4.79 Å². The van der Waals surface area contributed by atoms with Crippen molar-refractivity contribution in [3.8, 4) is 0 Å². The van der Waals surface area contributed by atoms with Crippen molar-refractivity contribution in [1.82, 2.24) is 5.32 Å². The van der Waals surface area contributed by atoms with Crippen molar-refractivity contribution < 1.29 is 14.7 Å². The lowest BCUT2D eigenvalue weighted by molar-refractivity contribution is -0.142. The van der Waals surface area contributed by atoms with Crippen LogP contribution in [-0.4, -0.2) is 23.0 Å². The maximum absolute atomic E-state index is 12.3. The number of amides is 1. The van der Waals surface area contributed by atoms with Crippen LogP contribution in [0.25, 0.3) is 0 Å². The average molecular weight is 311 g/mol. The number of carboxylic acids is 1. The molecule has 1 aliphatic carbocycles. The van der Waals surface area contributed by atoms with E-state index in [1.165, 1.54) is 0 Å². The third-order valence-electron chi connectivity index (χ3n) is 3.84. The molecule has 2 unspecified atom stereocenters. The molecule has 0 radical (unpaired) electrons. The maximum atomic E-state index is 12.3. The van der Waals surface area contributed by atoms with E-state index in [0.717, 1.165) is 19.3 Å². The number of halogens is 1. The van der Waals surface area contributed by atoms with Crippen LogP contribution in [0.5, 0.6) is 0 Å². The molecule has 0 aromatic heterocycles. The van der Waals surface area contributed by atoms with E-state index in [9.17, 15) is 14.7 Å². The first kappa shape index (κ1) is 15.8. The number of hydrogen-bond acceptors (Lipinski definition) is 3. The van der Waals surface area contributed by atoms with Gasteiger partial charge in [-0.05, 0) is 25.3 Å². The summed E-state index contributed by atoms with van der Waals surface area (Å²) in [6.07, 6.45) is 3.15. The maximum Gasteiger partial charge on any atom is 0.330 e. The Morgan fingerprint density at radius 2 is 2.05 bits per heavy atom. The van der Waals surface area contributed by atoms with Gasteiger partial charge in [0.15, 0.2) is 6.04 Å². The molecule has 1 aliphatic rings. The predicted octanol–water partition coefficient (Wildman–Crippen LogP) is 2.10. The Morgan fingerprint density at radius 3 is 2.67 bits per heavy atom. The second kappa shape index (κ2) is 6.91. The lowest BCUT2D eigenvalue weighted by atomic mass is 9.85. The molecule has 4 N–H and O–H groups in total. The number of nitrogens with one attached hydrogen (secondary N) is 1. The van der Waals surface area contributed by atoms with Crippen molar-refractivity contribution in [2.45, 2.75) is 37.8 Å². The summed E-state index contributed by atoms with van der Waals surface area (Å²) in [5.74, 6) is -1.62. The lowest BCUT2D eigenvalue weighted by Gasteiger charge is -2.27. The third-order valence-corrected chi connectivity index (χ3v) is 4.18. The summed E-state index contributed by atoms with van der Waals surface area (Å²) in [6.45, 7) is 0. The standard InChI is InChI=1S/C15H19ClN2O3/c16-12-7-2-1-6-11(12)13(15(20)21)18-14(19)9-4-3-5-10(17)8-9/h1-2,6-7,9-10,13H,3-5,8,17H2,(H,18,19)(H,20,21)/t9?,10?,13-/m1/s1. The number of nitrogens with two attached hydrogens (primary N) is 1. The molecule has 1 aromatic carbocycles. The third kappa shape index (κ3) is 3.95. The van der Waals surface area contributed by atoms with Crippen molar-refractivity contribution >= 4 is 23.5 Å². The van der Waals surface area contributed by atoms with Crippen LogP contribution < -0.4 is 11.1 Å². The van der Waals surface area contributed by atoms with Gasteiger partial charge in [-0.15, -0.1) is 0 Å². The molecular weight excluding hydrogens is 292 g/mol. The number of aliphatic carboxylic acids is 1. The Morgan fingerprint density at radius 1 is 1.33 bits per heavy atom. The normalized spacial score (nSPS) is 23.3. The molecule has 0 heterocycles. The van der Waals surface area contributed by atoms with Gasteiger partial charge >= 0.3 is 5.97 Å². The molecule has 114 valence electrons. The highest BCUT2D eigenvalue weighted by molar-refractivity contribution is 6.31. The van der Waals surface area contributed by atoms with E-state index < -0.39 is 12.0 Å². The highest BCUT2D eigenvalue weighted by Crippen LogP contribution is 2.26. The zero-order valence-corrected chi connectivity index (χ0v) is 12.3. The number of carbonyl (C=O) groups is 2. The molecule has 0 aliphatic heterocycles. The van der Waals surface area contributed by atoms with Crippen molar-refractivity contribution in [3.63, 3.8) is 0 Å². The zero-order chi connectivity index (χ0) is 15.4. The van der Waals surface area contributed by atoms with Gasteiger partial charge in [0.25, 0.3) is 0 Å². The Hall–Kier alpha value is -1.59. The molecule has 0 spiro atoms. The quantitative estimate of drug-likeness (QED) is 0.794. The van der Waals surface area contributed by atoms with Crippen molar-refractivity contribution in [3.05, 3.63) is 34.9 Å². The van der Waals surface area contributed by atoms with E-state index in [1.807, 2.05) is 0 Å². The monoisotopic (exact) mass is 310 g/mol. The van der Waals surface area contributed by atoms with Gasteiger partial charge in [-0.1, -0.05) is 36.2 Å². The summed E-state index contributed by atoms with van der Waals surface area (Å²) in [5, 5.41) is 12.3. The average Bonchev–Trinajstić information content (AvgIpc) is 2.45. The minimum atomic E-state index is -1.13. The topological polar surface area (TPSA) is 92.4 Å². The molecule has 1 saturated carbocycles. The number of rotatable bonds is 4. The largest absolute Gasteiger partial charge is 0.479 e. The number of hydrogen-bond donors (Lipinski definition) is 3. The van der Waals surface area contributed by atoms with Crippen LogP contribution in [0.2, 0.25) is 5.02 Å². The van der Waals surface area contributed by atoms with Crippen LogP contribution in [0.1, 0.15) is 37.3 Å². The zero-order valence-electron chi connectivity index (χ0n) is 11.6. The van der Waals surface area contributed by atoms with E-state index in [-0.39, 0.29) is 17.9 Å². The first-order valence-electron chi connectivity index (χ1n) is 7.02. The van der Waals surface area contributed by atoms with E-state index in [1.54, 1.807) is 24.3 Å². The van der Waals surface area contributed by atoms with Crippen LogP contribution in [0, 0.1) is 5.92 Å². The summed E-state index contributed by atoms with van der Waals surface area (Å²) < 4.78 is 0. The number of benzene rings is 1. The Balaban J connectivity index is 2.12. The van der Waals surface area contributed by atoms with Crippen LogP contribution in [0.3, 0.4) is 0 Å². The van der Waals surface area contributed by atoms with Crippen LogP contribution in [0.4, 0.5) is 0 Å². The summed E-state index contributed by atoms with van der Waals surface area (Å²) in [6, 6.07) is 5.50. The van der Waals surface area contributed by atoms with Crippen LogP contribution in [-0.2, 0) is 9.59 Å². The lowest BCUT2D eigenvalue weighted by Crippen LogP contribution is -2.41. The summed E-state index contributed by atoms with van der Waals surface area (Å²) in [4.78, 5) is 23.7. The minimum Gasteiger partial charge on any atom is -0.479 e. The van der Waals surface area contributed by atoms with Gasteiger partial charge in [-0.2, -0.15) is 0 Å². The molecule has 1 fully saturated rings. The van der Waals surface area contributed by atoms with Crippen molar-refractivity contribution in [2.75, 3.05) is 0 Å². The molecule has 0 saturated heterocycles. The fourth-order valence-corrected chi connectivity index (χ4v) is 2.95. The molecule has 6 heteroatoms. The molecule has 21 heavy (non-hydrogen) atoms. The summed E-state index contributed by atoms with van der Waals surface area (Å²) in [5.41, 5.74) is 6.26. The Labute approximate surface area is 128 Å². The second-order valence-electron chi connectivity index (χ2n) is 5.42. The summed E-state index contributed by atoms with van der Waals surface area (Å²) in [7, 11) is 0. The SMILES string of the molecule is NC1CCCC(C(=O)N[C@@H](C(=O)O)c2ccccc2Cl)C1. The number of carboxylic acid groups (broad SMARTS) is 1. The molecule has 0 bridgehead atoms. The van der Waals surface area contributed by atoms with E-state index in [0.29, 0.717) is 17.0 Å². The molecule has 5 nitrogen and oxygen atoms in total. The van der Waals surface area contributed by atoms with Crippen LogP contribution in [0.15, 0.2) is 24.3 Å². The summed E-state index contributed by atoms with van der Waals surface area (Å²) >= 11 is 6.02. The highest BCUT2D eigenvalue weighted by Gasteiger charge is 2.30.